The highest BCUT2D eigenvalue weighted by Crippen LogP contribution is 2.13. The van der Waals surface area contributed by atoms with Crippen LogP contribution >= 0.6 is 0 Å². The number of nitrogens with one attached hydrogen (secondary N) is 2. The third kappa shape index (κ3) is 3.55. The van der Waals surface area contributed by atoms with Crippen molar-refractivity contribution in [1.29, 1.82) is 0 Å². The lowest BCUT2D eigenvalue weighted by Gasteiger charge is -2.08. The monoisotopic (exact) mass is 274 g/mol. The van der Waals surface area contributed by atoms with E-state index < -0.39 is 17.8 Å². The van der Waals surface area contributed by atoms with Crippen molar-refractivity contribution >= 4 is 23.4 Å². The second kappa shape index (κ2) is 5.83. The van der Waals surface area contributed by atoms with E-state index in [0.29, 0.717) is 11.4 Å². The summed E-state index contributed by atoms with van der Waals surface area (Å²) >= 11 is 0. The molecule has 0 radical (unpaired) electrons. The number of halogens is 1. The van der Waals surface area contributed by atoms with Crippen LogP contribution < -0.4 is 10.6 Å². The normalized spacial score (nSPS) is 9.85. The van der Waals surface area contributed by atoms with E-state index in [4.69, 9.17) is 5.11 Å². The number of benzene rings is 2. The van der Waals surface area contributed by atoms with E-state index in [2.05, 4.69) is 10.6 Å². The Bertz CT molecular complexity index is 658. The first kappa shape index (κ1) is 13.5. The van der Waals surface area contributed by atoms with E-state index in [-0.39, 0.29) is 5.56 Å². The fourth-order valence-electron chi connectivity index (χ4n) is 1.59. The smallest absolute Gasteiger partial charge is 0.335 e. The third-order valence-electron chi connectivity index (χ3n) is 2.45. The molecule has 0 atom stereocenters. The van der Waals surface area contributed by atoms with Gasteiger partial charge in [0.05, 0.1) is 5.56 Å². The van der Waals surface area contributed by atoms with Crippen LogP contribution in [-0.4, -0.2) is 17.1 Å². The van der Waals surface area contributed by atoms with Gasteiger partial charge in [0, 0.05) is 11.4 Å². The second-order valence-electron chi connectivity index (χ2n) is 3.98. The van der Waals surface area contributed by atoms with Crippen LogP contribution in [0.4, 0.5) is 20.6 Å². The maximum Gasteiger partial charge on any atom is 0.335 e. The first-order valence-corrected chi connectivity index (χ1v) is 5.71. The first-order chi connectivity index (χ1) is 9.54. The van der Waals surface area contributed by atoms with Crippen molar-refractivity contribution in [3.63, 3.8) is 0 Å². The molecular weight excluding hydrogens is 263 g/mol. The molecule has 0 unspecified atom stereocenters. The largest absolute Gasteiger partial charge is 0.478 e. The number of hydrogen-bond donors (Lipinski definition) is 3. The number of hydrogen-bond acceptors (Lipinski definition) is 2. The molecule has 0 saturated heterocycles. The minimum Gasteiger partial charge on any atom is -0.478 e. The summed E-state index contributed by atoms with van der Waals surface area (Å²) in [5.74, 6) is -1.55. The van der Waals surface area contributed by atoms with Crippen molar-refractivity contribution in [3.8, 4) is 0 Å². The van der Waals surface area contributed by atoms with Gasteiger partial charge >= 0.3 is 12.0 Å². The van der Waals surface area contributed by atoms with Gasteiger partial charge in [-0.05, 0) is 36.4 Å². The average Bonchev–Trinajstić information content (AvgIpc) is 2.38. The molecule has 0 aliphatic carbocycles. The van der Waals surface area contributed by atoms with Gasteiger partial charge in [-0.15, -0.1) is 0 Å². The maximum atomic E-state index is 12.9. The van der Waals surface area contributed by atoms with Crippen LogP contribution in [0.15, 0.2) is 48.5 Å². The van der Waals surface area contributed by atoms with Crippen molar-refractivity contribution in [1.82, 2.24) is 0 Å². The number of carboxylic acids is 1. The van der Waals surface area contributed by atoms with Crippen molar-refractivity contribution in [2.45, 2.75) is 0 Å². The van der Waals surface area contributed by atoms with Crippen LogP contribution in [0.1, 0.15) is 10.4 Å². The fourth-order valence-corrected chi connectivity index (χ4v) is 1.59. The Morgan fingerprint density at radius 2 is 1.55 bits per heavy atom. The predicted molar refractivity (Wildman–Crippen MR) is 72.4 cm³/mol. The average molecular weight is 274 g/mol. The SMILES string of the molecule is O=C(Nc1cccc(F)c1)Nc1cccc(C(=O)O)c1. The minimum atomic E-state index is -1.08. The predicted octanol–water partition coefficient (Wildman–Crippen LogP) is 3.17. The zero-order valence-electron chi connectivity index (χ0n) is 10.3. The molecule has 5 nitrogen and oxygen atoms in total. The highest BCUT2D eigenvalue weighted by molar-refractivity contribution is 6.00. The number of urea groups is 1. The van der Waals surface area contributed by atoms with Crippen molar-refractivity contribution in [3.05, 3.63) is 59.9 Å². The third-order valence-corrected chi connectivity index (χ3v) is 2.45. The van der Waals surface area contributed by atoms with Gasteiger partial charge in [0.2, 0.25) is 0 Å². The molecule has 2 amide bonds. The first-order valence-electron chi connectivity index (χ1n) is 5.71. The molecule has 20 heavy (non-hydrogen) atoms. The summed E-state index contributed by atoms with van der Waals surface area (Å²) in [5, 5.41) is 13.8. The number of anilines is 2. The summed E-state index contributed by atoms with van der Waals surface area (Å²) in [4.78, 5) is 22.5. The fraction of sp³-hybridized carbons (Fsp3) is 0. The van der Waals surface area contributed by atoms with Gasteiger partial charge < -0.3 is 15.7 Å². The topological polar surface area (TPSA) is 78.4 Å². The van der Waals surface area contributed by atoms with Crippen LogP contribution in [0.3, 0.4) is 0 Å². The number of carbonyl (C=O) groups excluding carboxylic acids is 1. The molecule has 0 aliphatic heterocycles. The van der Waals surface area contributed by atoms with Crippen LogP contribution in [0.5, 0.6) is 0 Å². The number of carboxylic acid groups (broad SMARTS) is 1. The van der Waals surface area contributed by atoms with Gasteiger partial charge in [-0.3, -0.25) is 0 Å². The second-order valence-corrected chi connectivity index (χ2v) is 3.98. The summed E-state index contributed by atoms with van der Waals surface area (Å²) in [7, 11) is 0. The van der Waals surface area contributed by atoms with E-state index in [1.54, 1.807) is 6.07 Å². The van der Waals surface area contributed by atoms with E-state index in [1.165, 1.54) is 42.5 Å². The Kier molecular flexibility index (Phi) is 3.95. The molecule has 0 aromatic heterocycles. The van der Waals surface area contributed by atoms with Gasteiger partial charge in [-0.25, -0.2) is 14.0 Å². The molecule has 0 heterocycles. The van der Waals surface area contributed by atoms with E-state index in [0.717, 1.165) is 0 Å². The number of rotatable bonds is 3. The van der Waals surface area contributed by atoms with Crippen LogP contribution in [-0.2, 0) is 0 Å². The Labute approximate surface area is 114 Å². The lowest BCUT2D eigenvalue weighted by atomic mass is 10.2. The molecule has 0 spiro atoms. The molecule has 0 saturated carbocycles. The molecule has 0 aliphatic rings. The lowest BCUT2D eigenvalue weighted by Crippen LogP contribution is -2.19. The van der Waals surface area contributed by atoms with Gasteiger partial charge in [0.1, 0.15) is 5.82 Å². The Balaban J connectivity index is 2.04. The zero-order valence-corrected chi connectivity index (χ0v) is 10.3. The van der Waals surface area contributed by atoms with Crippen LogP contribution in [0, 0.1) is 5.82 Å². The molecule has 3 N–H and O–H groups in total. The number of amides is 2. The molecule has 0 fully saturated rings. The van der Waals surface area contributed by atoms with Crippen LogP contribution in [0.2, 0.25) is 0 Å². The summed E-state index contributed by atoms with van der Waals surface area (Å²) in [6.07, 6.45) is 0. The minimum absolute atomic E-state index is 0.0635. The molecule has 102 valence electrons. The molecular formula is C14H11FN2O3. The zero-order chi connectivity index (χ0) is 14.5. The Morgan fingerprint density at radius 3 is 2.15 bits per heavy atom. The van der Waals surface area contributed by atoms with Gasteiger partial charge in [0.15, 0.2) is 0 Å². The number of aromatic carboxylic acids is 1. The molecule has 2 rings (SSSR count). The molecule has 6 heteroatoms. The van der Waals surface area contributed by atoms with Gasteiger partial charge in [-0.2, -0.15) is 0 Å². The summed E-state index contributed by atoms with van der Waals surface area (Å²) in [6, 6.07) is 10.7. The quantitative estimate of drug-likeness (QED) is 0.804. The number of carbonyl (C=O) groups is 2. The standard InChI is InChI=1S/C14H11FN2O3/c15-10-4-2-6-12(8-10)17-14(20)16-11-5-1-3-9(7-11)13(18)19/h1-8H,(H,18,19)(H2,16,17,20). The highest BCUT2D eigenvalue weighted by atomic mass is 19.1. The Morgan fingerprint density at radius 1 is 0.950 bits per heavy atom. The van der Waals surface area contributed by atoms with E-state index in [1.807, 2.05) is 0 Å². The lowest BCUT2D eigenvalue weighted by molar-refractivity contribution is 0.0697. The highest BCUT2D eigenvalue weighted by Gasteiger charge is 2.06. The molecule has 2 aromatic carbocycles. The maximum absolute atomic E-state index is 12.9. The summed E-state index contributed by atoms with van der Waals surface area (Å²) in [6.45, 7) is 0. The van der Waals surface area contributed by atoms with Crippen molar-refractivity contribution in [2.24, 2.45) is 0 Å². The van der Waals surface area contributed by atoms with Crippen molar-refractivity contribution in [2.75, 3.05) is 10.6 Å². The summed E-state index contributed by atoms with van der Waals surface area (Å²) in [5.41, 5.74) is 0.698. The van der Waals surface area contributed by atoms with Gasteiger partial charge in [0.25, 0.3) is 0 Å². The van der Waals surface area contributed by atoms with E-state index in [9.17, 15) is 14.0 Å². The molecule has 0 bridgehead atoms. The summed E-state index contributed by atoms with van der Waals surface area (Å²) < 4.78 is 12.9. The molecule has 2 aromatic rings. The van der Waals surface area contributed by atoms with Crippen LogP contribution in [0.25, 0.3) is 0 Å². The van der Waals surface area contributed by atoms with E-state index >= 15 is 0 Å². The Hall–Kier alpha value is -2.89. The van der Waals surface area contributed by atoms with Crippen molar-refractivity contribution < 1.29 is 19.1 Å². The van der Waals surface area contributed by atoms with Gasteiger partial charge in [-0.1, -0.05) is 12.1 Å².